The Balaban J connectivity index is 1.48. The normalized spacial score (nSPS) is 19.0. The molecule has 0 bridgehead atoms. The Labute approximate surface area is 162 Å². The summed E-state index contributed by atoms with van der Waals surface area (Å²) >= 11 is 6.42. The summed E-state index contributed by atoms with van der Waals surface area (Å²) in [6, 6.07) is 12.5. The van der Waals surface area contributed by atoms with Gasteiger partial charge in [0.1, 0.15) is 0 Å². The maximum atomic E-state index is 12.6. The van der Waals surface area contributed by atoms with Crippen LogP contribution in [0, 0.1) is 0 Å². The van der Waals surface area contributed by atoms with Crippen molar-refractivity contribution < 1.29 is 19.1 Å². The summed E-state index contributed by atoms with van der Waals surface area (Å²) in [7, 11) is 0. The summed E-state index contributed by atoms with van der Waals surface area (Å²) in [5.74, 6) is -1.50. The maximum absolute atomic E-state index is 12.6. The second kappa shape index (κ2) is 7.08. The van der Waals surface area contributed by atoms with Gasteiger partial charge < -0.3 is 14.4 Å². The lowest BCUT2D eigenvalue weighted by Gasteiger charge is -2.21. The number of esters is 2. The zero-order valence-corrected chi connectivity index (χ0v) is 15.5. The van der Waals surface area contributed by atoms with E-state index in [9.17, 15) is 9.59 Å². The quantitative estimate of drug-likeness (QED) is 0.584. The predicted octanol–water partition coefficient (Wildman–Crippen LogP) is 4.23. The molecule has 2 aliphatic rings. The second-order valence-corrected chi connectivity index (χ2v) is 6.98. The molecular formula is C21H18ClNO4. The number of nitrogens with zero attached hydrogens (tertiary/aromatic N) is 1. The van der Waals surface area contributed by atoms with Gasteiger partial charge in [0.15, 0.2) is 0 Å². The van der Waals surface area contributed by atoms with Gasteiger partial charge in [-0.15, -0.1) is 0 Å². The molecule has 4 rings (SSSR count). The minimum atomic E-state index is -1.01. The Morgan fingerprint density at radius 1 is 1.22 bits per heavy atom. The van der Waals surface area contributed by atoms with Crippen molar-refractivity contribution in [2.75, 3.05) is 18.0 Å². The van der Waals surface area contributed by atoms with Crippen LogP contribution in [0.15, 0.2) is 54.6 Å². The first-order valence-corrected chi connectivity index (χ1v) is 9.12. The lowest BCUT2D eigenvalue weighted by molar-refractivity contribution is -0.169. The molecule has 2 aromatic rings. The summed E-state index contributed by atoms with van der Waals surface area (Å²) in [6.07, 6.45) is 3.17. The van der Waals surface area contributed by atoms with Crippen LogP contribution in [0.4, 0.5) is 5.69 Å². The number of fused-ring (bicyclic) bond motifs is 1. The SMILES string of the molecule is CC(C(=O)OC1OC(=O)c2ccccc21)c1ccc(N2CC=CC2)c(Cl)c1. The molecule has 2 unspecified atom stereocenters. The van der Waals surface area contributed by atoms with Gasteiger partial charge in [-0.1, -0.05) is 48.0 Å². The molecule has 0 amide bonds. The number of halogens is 1. The van der Waals surface area contributed by atoms with E-state index in [1.807, 2.05) is 12.1 Å². The first kappa shape index (κ1) is 17.6. The van der Waals surface area contributed by atoms with Crippen LogP contribution in [0.2, 0.25) is 5.02 Å². The number of rotatable bonds is 4. The number of hydrogen-bond acceptors (Lipinski definition) is 5. The molecule has 138 valence electrons. The molecule has 0 aromatic heterocycles. The highest BCUT2D eigenvalue weighted by Gasteiger charge is 2.34. The molecule has 2 aromatic carbocycles. The smallest absolute Gasteiger partial charge is 0.342 e. The minimum Gasteiger partial charge on any atom is -0.420 e. The number of carbonyl (C=O) groups excluding carboxylic acids is 2. The molecule has 0 radical (unpaired) electrons. The van der Waals surface area contributed by atoms with Crippen LogP contribution in [0.3, 0.4) is 0 Å². The van der Waals surface area contributed by atoms with E-state index < -0.39 is 24.1 Å². The minimum absolute atomic E-state index is 0.426. The highest BCUT2D eigenvalue weighted by molar-refractivity contribution is 6.33. The van der Waals surface area contributed by atoms with Crippen molar-refractivity contribution in [2.24, 2.45) is 0 Å². The summed E-state index contributed by atoms with van der Waals surface area (Å²) in [6.45, 7) is 3.39. The summed E-state index contributed by atoms with van der Waals surface area (Å²) in [5, 5.41) is 0.591. The second-order valence-electron chi connectivity index (χ2n) is 6.57. The van der Waals surface area contributed by atoms with E-state index in [4.69, 9.17) is 21.1 Å². The van der Waals surface area contributed by atoms with Gasteiger partial charge in [0.05, 0.1) is 22.2 Å². The van der Waals surface area contributed by atoms with Gasteiger partial charge in [0.2, 0.25) is 0 Å². The third-order valence-corrected chi connectivity index (χ3v) is 5.16. The molecule has 2 heterocycles. The predicted molar refractivity (Wildman–Crippen MR) is 102 cm³/mol. The van der Waals surface area contributed by atoms with Gasteiger partial charge in [0.25, 0.3) is 6.29 Å². The number of cyclic esters (lactones) is 1. The lowest BCUT2D eigenvalue weighted by atomic mass is 10.0. The van der Waals surface area contributed by atoms with Crippen molar-refractivity contribution in [3.05, 3.63) is 76.3 Å². The van der Waals surface area contributed by atoms with Crippen LogP contribution in [0.5, 0.6) is 0 Å². The van der Waals surface area contributed by atoms with Crippen molar-refractivity contribution in [1.29, 1.82) is 0 Å². The maximum Gasteiger partial charge on any atom is 0.342 e. The van der Waals surface area contributed by atoms with E-state index in [2.05, 4.69) is 17.1 Å². The highest BCUT2D eigenvalue weighted by atomic mass is 35.5. The van der Waals surface area contributed by atoms with Gasteiger partial charge in [0, 0.05) is 18.7 Å². The summed E-state index contributed by atoms with van der Waals surface area (Å²) < 4.78 is 10.6. The van der Waals surface area contributed by atoms with Crippen molar-refractivity contribution in [3.63, 3.8) is 0 Å². The van der Waals surface area contributed by atoms with Crippen LogP contribution in [-0.4, -0.2) is 25.0 Å². The fraction of sp³-hybridized carbons (Fsp3) is 0.238. The third kappa shape index (κ3) is 3.30. The Hall–Kier alpha value is -2.79. The van der Waals surface area contributed by atoms with Crippen LogP contribution in [-0.2, 0) is 14.3 Å². The first-order valence-electron chi connectivity index (χ1n) is 8.74. The van der Waals surface area contributed by atoms with Gasteiger partial charge in [-0.2, -0.15) is 0 Å². The van der Waals surface area contributed by atoms with Crippen molar-refractivity contribution in [2.45, 2.75) is 19.1 Å². The number of ether oxygens (including phenoxy) is 2. The molecule has 5 nitrogen and oxygen atoms in total. The van der Waals surface area contributed by atoms with E-state index >= 15 is 0 Å². The Kier molecular flexibility index (Phi) is 4.62. The molecule has 0 spiro atoms. The summed E-state index contributed by atoms with van der Waals surface area (Å²) in [5.41, 5.74) is 2.68. The van der Waals surface area contributed by atoms with E-state index in [0.29, 0.717) is 16.1 Å². The average molecular weight is 384 g/mol. The topological polar surface area (TPSA) is 55.8 Å². The first-order chi connectivity index (χ1) is 13.0. The van der Waals surface area contributed by atoms with Gasteiger partial charge in [-0.05, 0) is 30.7 Å². The van der Waals surface area contributed by atoms with Crippen molar-refractivity contribution in [3.8, 4) is 0 Å². The third-order valence-electron chi connectivity index (χ3n) is 4.86. The largest absolute Gasteiger partial charge is 0.420 e. The fourth-order valence-electron chi connectivity index (χ4n) is 3.27. The Bertz CT molecular complexity index is 932. The average Bonchev–Trinajstić information content (AvgIpc) is 3.30. The van der Waals surface area contributed by atoms with Gasteiger partial charge in [-0.25, -0.2) is 4.79 Å². The standard InChI is InChI=1S/C21H18ClNO4/c1-13(14-8-9-18(17(22)12-14)23-10-4-5-11-23)19(24)26-21-16-7-3-2-6-15(16)20(25)27-21/h2-9,12-13,21H,10-11H2,1H3. The Morgan fingerprint density at radius 3 is 2.70 bits per heavy atom. The van der Waals surface area contributed by atoms with E-state index in [1.54, 1.807) is 37.3 Å². The molecule has 0 saturated carbocycles. The van der Waals surface area contributed by atoms with E-state index in [-0.39, 0.29) is 0 Å². The number of anilines is 1. The fourth-order valence-corrected chi connectivity index (χ4v) is 3.58. The molecule has 0 fully saturated rings. The zero-order chi connectivity index (χ0) is 19.0. The number of hydrogen-bond donors (Lipinski definition) is 0. The van der Waals surface area contributed by atoms with Crippen molar-refractivity contribution in [1.82, 2.24) is 0 Å². The monoisotopic (exact) mass is 383 g/mol. The molecule has 6 heteroatoms. The summed E-state index contributed by atoms with van der Waals surface area (Å²) in [4.78, 5) is 26.6. The molecular weight excluding hydrogens is 366 g/mol. The van der Waals surface area contributed by atoms with Crippen LogP contribution in [0.25, 0.3) is 0 Å². The molecule has 0 aliphatic carbocycles. The lowest BCUT2D eigenvalue weighted by Crippen LogP contribution is -2.20. The molecule has 2 atom stereocenters. The highest BCUT2D eigenvalue weighted by Crippen LogP contribution is 2.34. The molecule has 0 saturated heterocycles. The Morgan fingerprint density at radius 2 is 1.96 bits per heavy atom. The van der Waals surface area contributed by atoms with Crippen LogP contribution < -0.4 is 4.90 Å². The van der Waals surface area contributed by atoms with Crippen molar-refractivity contribution >= 4 is 29.2 Å². The van der Waals surface area contributed by atoms with Crippen LogP contribution in [0.1, 0.15) is 40.6 Å². The molecule has 0 N–H and O–H groups in total. The molecule has 2 aliphatic heterocycles. The number of carbonyl (C=O) groups is 2. The zero-order valence-electron chi connectivity index (χ0n) is 14.7. The van der Waals surface area contributed by atoms with E-state index in [1.165, 1.54) is 0 Å². The van der Waals surface area contributed by atoms with Gasteiger partial charge >= 0.3 is 11.9 Å². The molecule has 27 heavy (non-hydrogen) atoms. The van der Waals surface area contributed by atoms with Gasteiger partial charge in [-0.3, -0.25) is 4.79 Å². The number of benzene rings is 2. The van der Waals surface area contributed by atoms with Crippen LogP contribution >= 0.6 is 11.6 Å². The van der Waals surface area contributed by atoms with E-state index in [0.717, 1.165) is 24.3 Å².